The average molecular weight is 794 g/mol. The topological polar surface area (TPSA) is 270 Å². The van der Waals surface area contributed by atoms with Gasteiger partial charge in [0, 0.05) is 65.8 Å². The molecule has 12 N–H and O–H groups in total. The number of aliphatic hydroxyl groups is 5. The Morgan fingerprint density at radius 3 is 2.05 bits per heavy atom. The van der Waals surface area contributed by atoms with Crippen LogP contribution in [0, 0.1) is 6.92 Å². The second-order valence-corrected chi connectivity index (χ2v) is 14.5. The molecular formula is C41H63N9O7. The molecule has 2 aromatic carbocycles. The quantitative estimate of drug-likeness (QED) is 0.0334. The second kappa shape index (κ2) is 24.8. The van der Waals surface area contributed by atoms with Crippen molar-refractivity contribution in [2.75, 3.05) is 64.5 Å². The highest BCUT2D eigenvalue weighted by molar-refractivity contribution is 6.06. The summed E-state index contributed by atoms with van der Waals surface area (Å²) in [6.07, 6.45) is 3.03. The number of aromatic nitrogens is 2. The normalized spacial score (nSPS) is 13.4. The van der Waals surface area contributed by atoms with E-state index in [1.54, 1.807) is 18.9 Å². The number of carbonyl (C=O) groups is 2. The molecule has 3 unspecified atom stereocenters. The maximum atomic E-state index is 13.0. The fourth-order valence-corrected chi connectivity index (χ4v) is 6.21. The molecule has 0 bridgehead atoms. The van der Waals surface area contributed by atoms with Crippen LogP contribution in [0.25, 0.3) is 11.1 Å². The third-order valence-electron chi connectivity index (χ3n) is 9.74. The number of benzene rings is 2. The van der Waals surface area contributed by atoms with Crippen molar-refractivity contribution in [2.24, 2.45) is 10.7 Å². The van der Waals surface area contributed by atoms with E-state index in [1.165, 1.54) is 5.56 Å². The Morgan fingerprint density at radius 2 is 1.42 bits per heavy atom. The van der Waals surface area contributed by atoms with Gasteiger partial charge in [-0.2, -0.15) is 0 Å². The zero-order chi connectivity index (χ0) is 41.7. The van der Waals surface area contributed by atoms with Crippen LogP contribution in [0.2, 0.25) is 0 Å². The molecule has 0 saturated heterocycles. The number of nitrogen functional groups attached to an aromatic ring is 2. The molecule has 16 nitrogen and oxygen atoms in total. The highest BCUT2D eigenvalue weighted by Gasteiger charge is 2.19. The maximum absolute atomic E-state index is 13.0. The van der Waals surface area contributed by atoms with Crippen LogP contribution in [0.5, 0.6) is 0 Å². The van der Waals surface area contributed by atoms with E-state index >= 15 is 0 Å². The summed E-state index contributed by atoms with van der Waals surface area (Å²) in [5.41, 5.74) is 22.1. The second-order valence-electron chi connectivity index (χ2n) is 14.5. The molecule has 0 fully saturated rings. The van der Waals surface area contributed by atoms with Crippen LogP contribution in [0.1, 0.15) is 78.7 Å². The van der Waals surface area contributed by atoms with Crippen molar-refractivity contribution in [3.05, 3.63) is 71.0 Å². The first-order valence-corrected chi connectivity index (χ1v) is 19.7. The Morgan fingerprint density at radius 1 is 0.772 bits per heavy atom. The number of rotatable bonds is 25. The summed E-state index contributed by atoms with van der Waals surface area (Å²) in [4.78, 5) is 41.3. The van der Waals surface area contributed by atoms with E-state index in [0.29, 0.717) is 64.0 Å². The number of carbonyl (C=O) groups excluding carboxylic acids is 2. The summed E-state index contributed by atoms with van der Waals surface area (Å²) in [6.45, 7) is 3.61. The van der Waals surface area contributed by atoms with Crippen LogP contribution in [0.15, 0.2) is 53.5 Å². The first-order valence-electron chi connectivity index (χ1n) is 19.7. The lowest BCUT2D eigenvalue weighted by Crippen LogP contribution is -2.41. The number of amides is 2. The van der Waals surface area contributed by atoms with Crippen LogP contribution < -0.4 is 22.5 Å². The number of nitrogens with two attached hydrogens (primary N) is 3. The van der Waals surface area contributed by atoms with Gasteiger partial charge in [0.2, 0.25) is 5.91 Å². The van der Waals surface area contributed by atoms with Gasteiger partial charge in [-0.15, -0.1) is 0 Å². The molecular weight excluding hydrogens is 731 g/mol. The maximum Gasteiger partial charge on any atom is 0.280 e. The number of nitrogens with zero attached hydrogens (tertiary/aromatic N) is 5. The molecule has 2 amide bonds. The number of nitrogens with one attached hydrogen (secondary N) is 1. The predicted molar refractivity (Wildman–Crippen MR) is 222 cm³/mol. The molecule has 314 valence electrons. The van der Waals surface area contributed by atoms with Crippen molar-refractivity contribution < 1.29 is 35.1 Å². The van der Waals surface area contributed by atoms with Gasteiger partial charge in [0.15, 0.2) is 17.5 Å². The Labute approximate surface area is 335 Å². The largest absolute Gasteiger partial charge is 0.396 e. The summed E-state index contributed by atoms with van der Waals surface area (Å²) in [7, 11) is 1.76. The standard InChI is InChI=1S/C41H63N9O7/c1-28-38(42)47-39(43)37(46-28)40(57)48-41(44)45-20-4-3-6-29-8-13-31(14-9-29)32-15-10-30(11-16-32)12-17-36(56)49(2)22-23-50(21-18-33(53)7-5-24-51)27-35(55)26-34(54)19-25-52/h8-11,13-16,33-35,51-55H,3-7,12,17-27H2,1-2H3,(H4,42,43,47)(H3,44,45,48,57). The van der Waals surface area contributed by atoms with Crippen molar-refractivity contribution in [2.45, 2.75) is 89.4 Å². The number of hydrogen-bond donors (Lipinski definition) is 9. The van der Waals surface area contributed by atoms with E-state index in [-0.39, 0.29) is 61.8 Å². The molecule has 3 aromatic rings. The van der Waals surface area contributed by atoms with E-state index < -0.39 is 24.2 Å². The van der Waals surface area contributed by atoms with E-state index in [9.17, 15) is 24.9 Å². The molecule has 1 aromatic heterocycles. The van der Waals surface area contributed by atoms with Crippen LogP contribution in [-0.4, -0.2) is 134 Å². The fourth-order valence-electron chi connectivity index (χ4n) is 6.21. The number of guanidine groups is 1. The highest BCUT2D eigenvalue weighted by atomic mass is 16.3. The molecule has 0 aliphatic carbocycles. The zero-order valence-corrected chi connectivity index (χ0v) is 33.4. The molecule has 1 heterocycles. The molecule has 0 spiro atoms. The molecule has 3 rings (SSSR count). The number of aliphatic imine (C=N–C) groups is 1. The Hall–Kier alpha value is -4.71. The summed E-state index contributed by atoms with van der Waals surface area (Å²) in [5, 5.41) is 51.4. The van der Waals surface area contributed by atoms with Crippen molar-refractivity contribution >= 4 is 29.4 Å². The number of unbranched alkanes of at least 4 members (excludes halogenated alkanes) is 1. The minimum Gasteiger partial charge on any atom is -0.396 e. The van der Waals surface area contributed by atoms with Gasteiger partial charge in [-0.25, -0.2) is 9.97 Å². The lowest BCUT2D eigenvalue weighted by atomic mass is 9.99. The van der Waals surface area contributed by atoms with E-state index in [4.69, 9.17) is 27.4 Å². The minimum absolute atomic E-state index is 0.00362. The van der Waals surface area contributed by atoms with Crippen LogP contribution in [-0.2, 0) is 17.6 Å². The molecule has 0 radical (unpaired) electrons. The lowest BCUT2D eigenvalue weighted by molar-refractivity contribution is -0.130. The lowest BCUT2D eigenvalue weighted by Gasteiger charge is -2.29. The molecule has 3 atom stereocenters. The van der Waals surface area contributed by atoms with Crippen molar-refractivity contribution in [3.8, 4) is 11.1 Å². The third-order valence-corrected chi connectivity index (χ3v) is 9.74. The van der Waals surface area contributed by atoms with Crippen LogP contribution >= 0.6 is 0 Å². The predicted octanol–water partition coefficient (Wildman–Crippen LogP) is 1.39. The van der Waals surface area contributed by atoms with E-state index in [0.717, 1.165) is 36.0 Å². The molecule has 0 aliphatic heterocycles. The monoisotopic (exact) mass is 793 g/mol. The van der Waals surface area contributed by atoms with Gasteiger partial charge in [-0.05, 0) is 80.5 Å². The SMILES string of the molecule is Cc1nc(C(=O)NC(N)=NCCCCc2ccc(-c3ccc(CCC(=O)N(C)CCN(CCC(O)CCCO)CC(O)CC(O)CCO)cc3)cc2)c(N)nc1N. The molecule has 57 heavy (non-hydrogen) atoms. The van der Waals surface area contributed by atoms with Crippen molar-refractivity contribution in [3.63, 3.8) is 0 Å². The molecule has 0 saturated carbocycles. The summed E-state index contributed by atoms with van der Waals surface area (Å²) >= 11 is 0. The van der Waals surface area contributed by atoms with E-state index in [2.05, 4.69) is 56.7 Å². The number of likely N-dealkylation sites (N-methyl/N-ethyl adjacent to an activating group) is 1. The van der Waals surface area contributed by atoms with Crippen molar-refractivity contribution in [1.29, 1.82) is 0 Å². The van der Waals surface area contributed by atoms with Gasteiger partial charge in [0.1, 0.15) is 5.82 Å². The van der Waals surface area contributed by atoms with E-state index in [1.807, 2.05) is 17.0 Å². The van der Waals surface area contributed by atoms with Crippen LogP contribution in [0.4, 0.5) is 11.6 Å². The van der Waals surface area contributed by atoms with Gasteiger partial charge < -0.3 is 47.6 Å². The zero-order valence-electron chi connectivity index (χ0n) is 33.4. The fraction of sp³-hybridized carbons (Fsp3) is 0.537. The number of aliphatic hydroxyl groups excluding tert-OH is 5. The highest BCUT2D eigenvalue weighted by Crippen LogP contribution is 2.22. The van der Waals surface area contributed by atoms with Crippen LogP contribution in [0.3, 0.4) is 0 Å². The van der Waals surface area contributed by atoms with Gasteiger partial charge in [-0.3, -0.25) is 24.8 Å². The molecule has 0 aliphatic rings. The minimum atomic E-state index is -0.820. The first-order chi connectivity index (χ1) is 27.3. The van der Waals surface area contributed by atoms with Gasteiger partial charge >= 0.3 is 0 Å². The molecule has 16 heteroatoms. The Kier molecular flexibility index (Phi) is 20.3. The Bertz CT molecular complexity index is 1690. The summed E-state index contributed by atoms with van der Waals surface area (Å²) in [5.74, 6) is -0.539. The number of anilines is 2. The van der Waals surface area contributed by atoms with Gasteiger partial charge in [-0.1, -0.05) is 48.5 Å². The number of aryl methyl sites for hydroxylation is 3. The summed E-state index contributed by atoms with van der Waals surface area (Å²) in [6, 6.07) is 16.6. The Balaban J connectivity index is 1.40. The van der Waals surface area contributed by atoms with Crippen molar-refractivity contribution in [1.82, 2.24) is 25.1 Å². The summed E-state index contributed by atoms with van der Waals surface area (Å²) < 4.78 is 0. The number of hydrogen-bond acceptors (Lipinski definition) is 13. The van der Waals surface area contributed by atoms with Gasteiger partial charge in [0.05, 0.1) is 24.0 Å². The first kappa shape index (κ1) is 46.7. The smallest absolute Gasteiger partial charge is 0.280 e. The third kappa shape index (κ3) is 17.1. The van der Waals surface area contributed by atoms with Gasteiger partial charge in [0.25, 0.3) is 5.91 Å². The average Bonchev–Trinajstić information content (AvgIpc) is 3.18.